The molecule has 0 aliphatic rings. The number of methoxy groups -OCH3 is 1. The number of sulfonamides is 1. The Morgan fingerprint density at radius 1 is 0.881 bits per heavy atom. The first-order chi connectivity index (χ1) is 19.9. The van der Waals surface area contributed by atoms with Crippen LogP contribution in [0.4, 0.5) is 5.69 Å². The largest absolute Gasteiger partial charge is 0.497 e. The minimum atomic E-state index is -4.14. The van der Waals surface area contributed by atoms with Gasteiger partial charge in [0.15, 0.2) is 0 Å². The van der Waals surface area contributed by atoms with E-state index in [1.165, 1.54) is 17.0 Å². The van der Waals surface area contributed by atoms with Crippen LogP contribution in [-0.2, 0) is 26.2 Å². The molecule has 0 bridgehead atoms. The maximum atomic E-state index is 14.2. The van der Waals surface area contributed by atoms with Gasteiger partial charge >= 0.3 is 0 Å². The predicted molar refractivity (Wildman–Crippen MR) is 164 cm³/mol. The number of ether oxygens (including phenoxy) is 2. The van der Waals surface area contributed by atoms with Gasteiger partial charge in [-0.15, -0.1) is 0 Å². The Hall–Kier alpha value is -4.05. The van der Waals surface area contributed by atoms with Crippen LogP contribution in [0.2, 0.25) is 0 Å². The third-order valence-corrected chi connectivity index (χ3v) is 8.23. The average Bonchev–Trinajstić information content (AvgIpc) is 2.96. The van der Waals surface area contributed by atoms with Gasteiger partial charge in [-0.05, 0) is 88.2 Å². The predicted octanol–water partition coefficient (Wildman–Crippen LogP) is 5.01. The zero-order valence-electron chi connectivity index (χ0n) is 25.2. The number of nitrogens with one attached hydrogen (secondary N) is 1. The molecule has 3 rings (SSSR count). The number of carbonyl (C=O) groups is 2. The van der Waals surface area contributed by atoms with Gasteiger partial charge in [-0.25, -0.2) is 8.42 Å². The van der Waals surface area contributed by atoms with Gasteiger partial charge in [0.25, 0.3) is 10.0 Å². The second-order valence-corrected chi connectivity index (χ2v) is 12.6. The first kappa shape index (κ1) is 32.5. The lowest BCUT2D eigenvalue weighted by atomic mass is 10.1. The van der Waals surface area contributed by atoms with E-state index in [9.17, 15) is 18.0 Å². The summed E-state index contributed by atoms with van der Waals surface area (Å²) < 4.78 is 39.7. The van der Waals surface area contributed by atoms with E-state index in [2.05, 4.69) is 5.32 Å². The molecule has 42 heavy (non-hydrogen) atoms. The Morgan fingerprint density at radius 3 is 2.00 bits per heavy atom. The first-order valence-electron chi connectivity index (χ1n) is 13.9. The molecule has 0 spiro atoms. The number of anilines is 1. The van der Waals surface area contributed by atoms with Crippen LogP contribution in [0.15, 0.2) is 83.8 Å². The van der Waals surface area contributed by atoms with Gasteiger partial charge in [0.2, 0.25) is 11.8 Å². The number of hydrogen-bond donors (Lipinski definition) is 1. The van der Waals surface area contributed by atoms with Crippen LogP contribution in [0.25, 0.3) is 0 Å². The van der Waals surface area contributed by atoms with Gasteiger partial charge in [0.05, 0.1) is 24.3 Å². The van der Waals surface area contributed by atoms with E-state index in [4.69, 9.17) is 9.47 Å². The third kappa shape index (κ3) is 8.48. The molecule has 0 heterocycles. The van der Waals surface area contributed by atoms with Crippen LogP contribution in [0.3, 0.4) is 0 Å². The highest BCUT2D eigenvalue weighted by Gasteiger charge is 2.34. The average molecular weight is 596 g/mol. The molecule has 2 amide bonds. The summed E-state index contributed by atoms with van der Waals surface area (Å²) in [5, 5.41) is 2.97. The summed E-state index contributed by atoms with van der Waals surface area (Å²) in [6.45, 7) is 9.33. The fourth-order valence-electron chi connectivity index (χ4n) is 4.42. The highest BCUT2D eigenvalue weighted by atomic mass is 32.2. The topological polar surface area (TPSA) is 105 Å². The minimum absolute atomic E-state index is 0.0471. The van der Waals surface area contributed by atoms with Gasteiger partial charge in [0, 0.05) is 12.1 Å². The number of amides is 2. The molecule has 0 aliphatic heterocycles. The maximum absolute atomic E-state index is 14.2. The zero-order valence-corrected chi connectivity index (χ0v) is 26.0. The summed E-state index contributed by atoms with van der Waals surface area (Å²) in [5.41, 5.74) is 0.543. The molecule has 0 saturated carbocycles. The smallest absolute Gasteiger partial charge is 0.264 e. The summed E-state index contributed by atoms with van der Waals surface area (Å²) in [5.74, 6) is 0.404. The van der Waals surface area contributed by atoms with Crippen molar-refractivity contribution in [3.05, 3.63) is 84.4 Å². The van der Waals surface area contributed by atoms with E-state index in [1.807, 2.05) is 46.8 Å². The van der Waals surface area contributed by atoms with Crippen molar-refractivity contribution in [1.29, 1.82) is 0 Å². The third-order valence-electron chi connectivity index (χ3n) is 6.44. The normalized spacial score (nSPS) is 12.2. The van der Waals surface area contributed by atoms with Crippen LogP contribution in [0.1, 0.15) is 46.6 Å². The standard InChI is InChI=1S/C32H41N3O6S/c1-7-29(31(37)33-32(3,4)5)34(22-24-14-18-26(40-6)19-15-24)30(36)23-35(25-16-20-27(21-17-25)41-8-2)42(38,39)28-12-10-9-11-13-28/h9-21,29H,7-8,22-23H2,1-6H3,(H,33,37)/t29-/m0/s1. The van der Waals surface area contributed by atoms with Crippen molar-refractivity contribution >= 4 is 27.5 Å². The van der Waals surface area contributed by atoms with Crippen molar-refractivity contribution in [2.24, 2.45) is 0 Å². The molecule has 9 nitrogen and oxygen atoms in total. The number of hydrogen-bond acceptors (Lipinski definition) is 6. The Kier molecular flexibility index (Phi) is 11.0. The summed E-state index contributed by atoms with van der Waals surface area (Å²) >= 11 is 0. The fraction of sp³-hybridized carbons (Fsp3) is 0.375. The van der Waals surface area contributed by atoms with Gasteiger partial charge in [-0.1, -0.05) is 37.3 Å². The van der Waals surface area contributed by atoms with E-state index >= 15 is 0 Å². The molecule has 10 heteroatoms. The van der Waals surface area contributed by atoms with Gasteiger partial charge in [-0.3, -0.25) is 13.9 Å². The molecule has 0 saturated heterocycles. The molecule has 0 aromatic heterocycles. The maximum Gasteiger partial charge on any atom is 0.264 e. The fourth-order valence-corrected chi connectivity index (χ4v) is 5.86. The van der Waals surface area contributed by atoms with E-state index in [0.717, 1.165) is 9.87 Å². The van der Waals surface area contributed by atoms with Crippen LogP contribution in [0.5, 0.6) is 11.5 Å². The molecule has 226 valence electrons. The van der Waals surface area contributed by atoms with Crippen molar-refractivity contribution in [3.8, 4) is 11.5 Å². The lowest BCUT2D eigenvalue weighted by Crippen LogP contribution is -2.55. The number of rotatable bonds is 13. The molecule has 1 N–H and O–H groups in total. The second-order valence-electron chi connectivity index (χ2n) is 10.8. The van der Waals surface area contributed by atoms with Crippen molar-refractivity contribution in [2.45, 2.75) is 64.1 Å². The quantitative estimate of drug-likeness (QED) is 0.298. The highest BCUT2D eigenvalue weighted by Crippen LogP contribution is 2.27. The molecule has 1 atom stereocenters. The van der Waals surface area contributed by atoms with Crippen LogP contribution < -0.4 is 19.1 Å². The van der Waals surface area contributed by atoms with Crippen LogP contribution >= 0.6 is 0 Å². The van der Waals surface area contributed by atoms with Crippen molar-refractivity contribution < 1.29 is 27.5 Å². The molecular formula is C32H41N3O6S. The zero-order chi connectivity index (χ0) is 30.9. The van der Waals surface area contributed by atoms with E-state index in [0.29, 0.717) is 30.2 Å². The SMILES string of the molecule is CCOc1ccc(N(CC(=O)N(Cc2ccc(OC)cc2)[C@@H](CC)C(=O)NC(C)(C)C)S(=O)(=O)c2ccccc2)cc1. The minimum Gasteiger partial charge on any atom is -0.497 e. The molecule has 0 aliphatic carbocycles. The van der Waals surface area contributed by atoms with E-state index < -0.39 is 34.1 Å². The molecule has 0 unspecified atom stereocenters. The molecule has 3 aromatic rings. The second kappa shape index (κ2) is 14.2. The van der Waals surface area contributed by atoms with Crippen LogP contribution in [-0.4, -0.2) is 57.0 Å². The molecule has 3 aromatic carbocycles. The molecule has 0 fully saturated rings. The lowest BCUT2D eigenvalue weighted by Gasteiger charge is -2.34. The number of nitrogens with zero attached hydrogens (tertiary/aromatic N) is 2. The summed E-state index contributed by atoms with van der Waals surface area (Å²) in [6, 6.07) is 20.9. The summed E-state index contributed by atoms with van der Waals surface area (Å²) in [7, 11) is -2.58. The Bertz CT molecular complexity index is 1420. The van der Waals surface area contributed by atoms with Crippen molar-refractivity contribution in [2.75, 3.05) is 24.6 Å². The monoisotopic (exact) mass is 595 g/mol. The number of benzene rings is 3. The van der Waals surface area contributed by atoms with Gasteiger partial charge in [0.1, 0.15) is 24.1 Å². The van der Waals surface area contributed by atoms with Gasteiger partial charge < -0.3 is 19.7 Å². The summed E-state index contributed by atoms with van der Waals surface area (Å²) in [4.78, 5) is 29.1. The highest BCUT2D eigenvalue weighted by molar-refractivity contribution is 7.92. The lowest BCUT2D eigenvalue weighted by molar-refractivity contribution is -0.141. The van der Waals surface area contributed by atoms with Crippen molar-refractivity contribution in [3.63, 3.8) is 0 Å². The van der Waals surface area contributed by atoms with E-state index in [-0.39, 0.29) is 17.3 Å². The van der Waals surface area contributed by atoms with Gasteiger partial charge in [-0.2, -0.15) is 0 Å². The Balaban J connectivity index is 2.05. The molecule has 0 radical (unpaired) electrons. The Labute approximate surface area is 249 Å². The first-order valence-corrected chi connectivity index (χ1v) is 15.4. The summed E-state index contributed by atoms with van der Waals surface area (Å²) in [6.07, 6.45) is 0.332. The Morgan fingerprint density at radius 2 is 1.48 bits per heavy atom. The molecular weight excluding hydrogens is 554 g/mol. The van der Waals surface area contributed by atoms with Crippen LogP contribution in [0, 0.1) is 0 Å². The van der Waals surface area contributed by atoms with Crippen molar-refractivity contribution in [1.82, 2.24) is 10.2 Å². The number of carbonyl (C=O) groups excluding carboxylic acids is 2. The van der Waals surface area contributed by atoms with E-state index in [1.54, 1.807) is 61.7 Å².